The van der Waals surface area contributed by atoms with Gasteiger partial charge < -0.3 is 0 Å². The van der Waals surface area contributed by atoms with Gasteiger partial charge in [0.2, 0.25) is 0 Å². The van der Waals surface area contributed by atoms with Gasteiger partial charge in [0.15, 0.2) is 0 Å². The normalized spacial score (nSPS) is 15.6. The lowest BCUT2D eigenvalue weighted by Crippen LogP contribution is -2.27. The minimum Gasteiger partial charge on any atom is -0.267 e. The number of halogens is 1. The minimum atomic E-state index is -0.380. The van der Waals surface area contributed by atoms with Crippen molar-refractivity contribution >= 4 is 28.9 Å². The van der Waals surface area contributed by atoms with E-state index in [1.807, 2.05) is 42.5 Å². The lowest BCUT2D eigenvalue weighted by Gasteiger charge is -2.23. The van der Waals surface area contributed by atoms with Gasteiger partial charge in [0.1, 0.15) is 0 Å². The third-order valence-corrected chi connectivity index (χ3v) is 5.02. The molecule has 0 bridgehead atoms. The fraction of sp³-hybridized carbons (Fsp3) is 0.0909. The molecule has 0 N–H and O–H groups in total. The highest BCUT2D eigenvalue weighted by Gasteiger charge is 2.34. The molecular formula is C22H16ClN5O. The third-order valence-electron chi connectivity index (χ3n) is 4.76. The molecule has 4 rings (SSSR count). The molecule has 6 nitrogen and oxygen atoms in total. The van der Waals surface area contributed by atoms with E-state index in [0.29, 0.717) is 22.7 Å². The Balaban J connectivity index is 1.78. The monoisotopic (exact) mass is 401 g/mol. The van der Waals surface area contributed by atoms with Crippen LogP contribution in [0.3, 0.4) is 0 Å². The second-order valence-electron chi connectivity index (χ2n) is 6.54. The van der Waals surface area contributed by atoms with Crippen molar-refractivity contribution in [1.29, 1.82) is 0 Å². The molecule has 7 heteroatoms. The summed E-state index contributed by atoms with van der Waals surface area (Å²) in [5.41, 5.74) is 12.4. The zero-order valence-corrected chi connectivity index (χ0v) is 16.1. The predicted octanol–water partition coefficient (Wildman–Crippen LogP) is 6.27. The van der Waals surface area contributed by atoms with Crippen LogP contribution in [0.4, 0.5) is 5.69 Å². The van der Waals surface area contributed by atoms with Crippen molar-refractivity contribution in [2.75, 3.05) is 0 Å². The standard InChI is InChI=1S/C22H16ClN5O/c23-17-12-10-16(11-13-17)22(29)28-21(18-8-4-5-9-19(18)25-27-24)14-20(26-28)15-6-2-1-3-7-15/h1-13,21H,14H2. The Morgan fingerprint density at radius 2 is 1.72 bits per heavy atom. The predicted molar refractivity (Wildman–Crippen MR) is 113 cm³/mol. The number of hydrogen-bond acceptors (Lipinski definition) is 3. The molecule has 0 aromatic heterocycles. The maximum atomic E-state index is 13.3. The van der Waals surface area contributed by atoms with Crippen LogP contribution in [0.5, 0.6) is 0 Å². The number of hydrazone groups is 1. The lowest BCUT2D eigenvalue weighted by atomic mass is 9.97. The second-order valence-corrected chi connectivity index (χ2v) is 6.97. The van der Waals surface area contributed by atoms with Crippen LogP contribution in [0.2, 0.25) is 5.02 Å². The Morgan fingerprint density at radius 1 is 1.03 bits per heavy atom. The van der Waals surface area contributed by atoms with E-state index in [2.05, 4.69) is 15.1 Å². The Morgan fingerprint density at radius 3 is 2.45 bits per heavy atom. The maximum Gasteiger partial charge on any atom is 0.274 e. The molecule has 0 saturated heterocycles. The number of rotatable bonds is 4. The largest absolute Gasteiger partial charge is 0.274 e. The number of carbonyl (C=O) groups excluding carboxylic acids is 1. The topological polar surface area (TPSA) is 81.4 Å². The molecule has 0 spiro atoms. The first kappa shape index (κ1) is 18.7. The lowest BCUT2D eigenvalue weighted by molar-refractivity contribution is 0.0711. The van der Waals surface area contributed by atoms with Gasteiger partial charge in [-0.05, 0) is 40.9 Å². The Bertz CT molecular complexity index is 1120. The van der Waals surface area contributed by atoms with Gasteiger partial charge in [0.25, 0.3) is 5.91 Å². The summed E-state index contributed by atoms with van der Waals surface area (Å²) in [6.07, 6.45) is 0.515. The van der Waals surface area contributed by atoms with Gasteiger partial charge in [-0.1, -0.05) is 71.3 Å². The molecular weight excluding hydrogens is 386 g/mol. The van der Waals surface area contributed by atoms with E-state index in [4.69, 9.17) is 17.1 Å². The van der Waals surface area contributed by atoms with Crippen molar-refractivity contribution in [3.63, 3.8) is 0 Å². The van der Waals surface area contributed by atoms with Crippen LogP contribution in [0.25, 0.3) is 10.4 Å². The van der Waals surface area contributed by atoms with Gasteiger partial charge in [0, 0.05) is 27.6 Å². The average molecular weight is 402 g/mol. The molecule has 1 heterocycles. The van der Waals surface area contributed by atoms with Crippen LogP contribution in [-0.4, -0.2) is 16.6 Å². The molecule has 0 radical (unpaired) electrons. The molecule has 1 aliphatic heterocycles. The number of carbonyl (C=O) groups is 1. The summed E-state index contributed by atoms with van der Waals surface area (Å²) in [6, 6.07) is 23.3. The summed E-state index contributed by atoms with van der Waals surface area (Å²) < 4.78 is 0. The summed E-state index contributed by atoms with van der Waals surface area (Å²) in [6.45, 7) is 0. The quantitative estimate of drug-likeness (QED) is 0.288. The Kier molecular flexibility index (Phi) is 5.29. The van der Waals surface area contributed by atoms with Gasteiger partial charge >= 0.3 is 0 Å². The van der Waals surface area contributed by atoms with Crippen molar-refractivity contribution in [1.82, 2.24) is 5.01 Å². The highest BCUT2D eigenvalue weighted by Crippen LogP contribution is 2.38. The summed E-state index contributed by atoms with van der Waals surface area (Å²) in [4.78, 5) is 16.2. The van der Waals surface area contributed by atoms with Crippen LogP contribution in [0, 0.1) is 0 Å². The second kappa shape index (κ2) is 8.19. The number of nitrogens with zero attached hydrogens (tertiary/aromatic N) is 5. The van der Waals surface area contributed by atoms with Crippen LogP contribution >= 0.6 is 11.6 Å². The number of azide groups is 1. The molecule has 142 valence electrons. The maximum absolute atomic E-state index is 13.3. The van der Waals surface area contributed by atoms with Gasteiger partial charge in [-0.25, -0.2) is 5.01 Å². The fourth-order valence-corrected chi connectivity index (χ4v) is 3.50. The molecule has 29 heavy (non-hydrogen) atoms. The van der Waals surface area contributed by atoms with Crippen molar-refractivity contribution in [3.8, 4) is 0 Å². The van der Waals surface area contributed by atoms with E-state index in [0.717, 1.165) is 16.8 Å². The number of benzene rings is 3. The van der Waals surface area contributed by atoms with Gasteiger partial charge in [-0.3, -0.25) is 4.79 Å². The fourth-order valence-electron chi connectivity index (χ4n) is 3.38. The van der Waals surface area contributed by atoms with Crippen molar-refractivity contribution in [2.24, 2.45) is 10.2 Å². The zero-order valence-electron chi connectivity index (χ0n) is 15.3. The van der Waals surface area contributed by atoms with E-state index in [-0.39, 0.29) is 11.9 Å². The van der Waals surface area contributed by atoms with Crippen LogP contribution in [0.1, 0.15) is 33.9 Å². The first-order chi connectivity index (χ1) is 14.2. The summed E-state index contributed by atoms with van der Waals surface area (Å²) in [5, 5.41) is 10.5. The van der Waals surface area contributed by atoms with Crippen LogP contribution in [-0.2, 0) is 0 Å². The number of amides is 1. The molecule has 1 aliphatic rings. The zero-order chi connectivity index (χ0) is 20.2. The SMILES string of the molecule is [N-]=[N+]=Nc1ccccc1C1CC(c2ccccc2)=NN1C(=O)c1ccc(Cl)cc1. The first-order valence-corrected chi connectivity index (χ1v) is 9.41. The smallest absolute Gasteiger partial charge is 0.267 e. The molecule has 1 unspecified atom stereocenters. The summed E-state index contributed by atoms with van der Waals surface area (Å²) >= 11 is 5.96. The molecule has 3 aromatic rings. The summed E-state index contributed by atoms with van der Waals surface area (Å²) in [7, 11) is 0. The van der Waals surface area contributed by atoms with Gasteiger partial charge in [-0.2, -0.15) is 5.10 Å². The molecule has 3 aromatic carbocycles. The van der Waals surface area contributed by atoms with E-state index < -0.39 is 0 Å². The Hall–Kier alpha value is -3.60. The number of hydrogen-bond donors (Lipinski definition) is 0. The van der Waals surface area contributed by atoms with Crippen molar-refractivity contribution in [2.45, 2.75) is 12.5 Å². The average Bonchev–Trinajstić information content (AvgIpc) is 3.20. The van der Waals surface area contributed by atoms with E-state index >= 15 is 0 Å². The van der Waals surface area contributed by atoms with E-state index in [1.165, 1.54) is 5.01 Å². The first-order valence-electron chi connectivity index (χ1n) is 9.03. The van der Waals surface area contributed by atoms with E-state index in [9.17, 15) is 4.79 Å². The Labute approximate surface area is 172 Å². The highest BCUT2D eigenvalue weighted by molar-refractivity contribution is 6.30. The van der Waals surface area contributed by atoms with Crippen LogP contribution < -0.4 is 0 Å². The van der Waals surface area contributed by atoms with Crippen molar-refractivity contribution in [3.05, 3.63) is 111 Å². The van der Waals surface area contributed by atoms with E-state index in [1.54, 1.807) is 36.4 Å². The molecule has 1 atom stereocenters. The molecule has 0 aliphatic carbocycles. The van der Waals surface area contributed by atoms with Gasteiger partial charge in [-0.15, -0.1) is 0 Å². The molecule has 0 saturated carbocycles. The van der Waals surface area contributed by atoms with Crippen LogP contribution in [0.15, 0.2) is 89.1 Å². The minimum absolute atomic E-state index is 0.242. The van der Waals surface area contributed by atoms with Crippen molar-refractivity contribution < 1.29 is 4.79 Å². The molecule has 1 amide bonds. The molecule has 0 fully saturated rings. The summed E-state index contributed by atoms with van der Waals surface area (Å²) in [5.74, 6) is -0.242. The van der Waals surface area contributed by atoms with Gasteiger partial charge in [0.05, 0.1) is 11.8 Å². The highest BCUT2D eigenvalue weighted by atomic mass is 35.5. The third kappa shape index (κ3) is 3.85.